The van der Waals surface area contributed by atoms with E-state index in [0.717, 1.165) is 29.5 Å². The average molecular weight is 267 g/mol. The lowest BCUT2D eigenvalue weighted by Crippen LogP contribution is -2.31. The number of rotatable bonds is 7. The minimum Gasteiger partial charge on any atom is -0.464 e. The maximum Gasteiger partial charge on any atom is 0.238 e. The molecule has 2 nitrogen and oxygen atoms in total. The third-order valence-corrected chi connectivity index (χ3v) is 3.23. The Labute approximate surface area is 111 Å². The molecule has 2 rings (SSSR count). The molecule has 0 saturated carbocycles. The van der Waals surface area contributed by atoms with Gasteiger partial charge in [0.05, 0.1) is 6.26 Å². The molecule has 19 heavy (non-hydrogen) atoms. The molecule has 0 amide bonds. The van der Waals surface area contributed by atoms with Gasteiger partial charge in [0, 0.05) is 17.8 Å². The Bertz CT molecular complexity index is 510. The third-order valence-electron chi connectivity index (χ3n) is 3.23. The highest BCUT2D eigenvalue weighted by Gasteiger charge is 2.12. The highest BCUT2D eigenvalue weighted by atomic mass is 19.3. The van der Waals surface area contributed by atoms with Crippen molar-refractivity contribution in [3.05, 3.63) is 36.1 Å². The van der Waals surface area contributed by atoms with Crippen LogP contribution in [0.1, 0.15) is 25.3 Å². The van der Waals surface area contributed by atoms with Crippen molar-refractivity contribution in [2.45, 2.75) is 38.7 Å². The molecular formula is C15H19F2NO. The Morgan fingerprint density at radius 3 is 2.79 bits per heavy atom. The molecule has 0 aliphatic rings. The summed E-state index contributed by atoms with van der Waals surface area (Å²) < 4.78 is 30.0. The van der Waals surface area contributed by atoms with Crippen LogP contribution in [0, 0.1) is 0 Å². The van der Waals surface area contributed by atoms with E-state index >= 15 is 0 Å². The smallest absolute Gasteiger partial charge is 0.238 e. The van der Waals surface area contributed by atoms with Gasteiger partial charge in [0.1, 0.15) is 5.58 Å². The fraction of sp³-hybridized carbons (Fsp3) is 0.467. The lowest BCUT2D eigenvalue weighted by molar-refractivity contribution is 0.130. The van der Waals surface area contributed by atoms with Crippen LogP contribution in [-0.4, -0.2) is 19.0 Å². The minimum atomic E-state index is -2.23. The molecule has 2 aromatic rings. The summed E-state index contributed by atoms with van der Waals surface area (Å²) in [6.07, 6.45) is 0.612. The zero-order valence-electron chi connectivity index (χ0n) is 11.0. The SMILES string of the molecule is CCNC(CCC(F)F)Cc1ccc2ccoc2c1. The maximum absolute atomic E-state index is 12.3. The molecule has 0 saturated heterocycles. The first kappa shape index (κ1) is 14.0. The number of furan rings is 1. The van der Waals surface area contributed by atoms with Crippen LogP contribution in [0.4, 0.5) is 8.78 Å². The number of fused-ring (bicyclic) bond motifs is 1. The van der Waals surface area contributed by atoms with Crippen molar-refractivity contribution in [2.75, 3.05) is 6.54 Å². The molecule has 0 bridgehead atoms. The van der Waals surface area contributed by atoms with Gasteiger partial charge < -0.3 is 9.73 Å². The van der Waals surface area contributed by atoms with Crippen LogP contribution < -0.4 is 5.32 Å². The number of halogens is 2. The Balaban J connectivity index is 2.02. The zero-order chi connectivity index (χ0) is 13.7. The van der Waals surface area contributed by atoms with Crippen LogP contribution in [0.25, 0.3) is 11.0 Å². The summed E-state index contributed by atoms with van der Waals surface area (Å²) in [6.45, 7) is 2.78. The van der Waals surface area contributed by atoms with Crippen LogP contribution in [0.2, 0.25) is 0 Å². The van der Waals surface area contributed by atoms with Gasteiger partial charge in [-0.25, -0.2) is 8.78 Å². The van der Waals surface area contributed by atoms with Gasteiger partial charge >= 0.3 is 0 Å². The Kier molecular flexibility index (Phi) is 4.91. The predicted molar refractivity (Wildman–Crippen MR) is 72.6 cm³/mol. The van der Waals surface area contributed by atoms with Gasteiger partial charge in [-0.1, -0.05) is 19.1 Å². The summed E-state index contributed by atoms with van der Waals surface area (Å²) in [4.78, 5) is 0. The van der Waals surface area contributed by atoms with Crippen molar-refractivity contribution in [3.8, 4) is 0 Å². The Hall–Kier alpha value is -1.42. The second-order valence-corrected chi connectivity index (χ2v) is 4.72. The topological polar surface area (TPSA) is 25.2 Å². The summed E-state index contributed by atoms with van der Waals surface area (Å²) in [7, 11) is 0. The number of likely N-dealkylation sites (N-methyl/N-ethyl adjacent to an activating group) is 1. The molecule has 0 fully saturated rings. The van der Waals surface area contributed by atoms with Gasteiger partial charge in [-0.15, -0.1) is 0 Å². The highest BCUT2D eigenvalue weighted by molar-refractivity contribution is 5.77. The Morgan fingerprint density at radius 1 is 1.21 bits per heavy atom. The normalized spacial score (nSPS) is 13.3. The first-order chi connectivity index (χ1) is 9.19. The maximum atomic E-state index is 12.3. The molecule has 0 spiro atoms. The molecule has 1 unspecified atom stereocenters. The average Bonchev–Trinajstić information content (AvgIpc) is 2.83. The van der Waals surface area contributed by atoms with E-state index in [0.29, 0.717) is 6.42 Å². The second kappa shape index (κ2) is 6.66. The van der Waals surface area contributed by atoms with Crippen LogP contribution in [0.3, 0.4) is 0 Å². The number of nitrogens with one attached hydrogen (secondary N) is 1. The van der Waals surface area contributed by atoms with Gasteiger partial charge in [0.15, 0.2) is 0 Å². The van der Waals surface area contributed by atoms with Crippen LogP contribution in [0.15, 0.2) is 34.9 Å². The fourth-order valence-electron chi connectivity index (χ4n) is 2.30. The lowest BCUT2D eigenvalue weighted by Gasteiger charge is -2.17. The summed E-state index contributed by atoms with van der Waals surface area (Å²) in [5, 5.41) is 4.33. The van der Waals surface area contributed by atoms with Gasteiger partial charge in [-0.05, 0) is 37.1 Å². The quantitative estimate of drug-likeness (QED) is 0.820. The second-order valence-electron chi connectivity index (χ2n) is 4.72. The molecular weight excluding hydrogens is 248 g/mol. The zero-order valence-corrected chi connectivity index (χ0v) is 11.0. The van der Waals surface area contributed by atoms with Crippen molar-refractivity contribution in [3.63, 3.8) is 0 Å². The van der Waals surface area contributed by atoms with Crippen LogP contribution in [-0.2, 0) is 6.42 Å². The third kappa shape index (κ3) is 4.03. The van der Waals surface area contributed by atoms with E-state index < -0.39 is 6.43 Å². The summed E-state index contributed by atoms with van der Waals surface area (Å²) in [6, 6.07) is 8.03. The van der Waals surface area contributed by atoms with Gasteiger partial charge in [-0.3, -0.25) is 0 Å². The van der Waals surface area contributed by atoms with E-state index in [2.05, 4.69) is 5.32 Å². The number of hydrogen-bond donors (Lipinski definition) is 1. The molecule has 1 aromatic carbocycles. The first-order valence-electron chi connectivity index (χ1n) is 6.66. The van der Waals surface area contributed by atoms with Gasteiger partial charge in [0.25, 0.3) is 0 Å². The fourth-order valence-corrected chi connectivity index (χ4v) is 2.30. The molecule has 0 aliphatic heterocycles. The highest BCUT2D eigenvalue weighted by Crippen LogP contribution is 2.19. The number of hydrogen-bond acceptors (Lipinski definition) is 2. The van der Waals surface area contributed by atoms with Crippen molar-refractivity contribution in [2.24, 2.45) is 0 Å². The van der Waals surface area contributed by atoms with Crippen molar-refractivity contribution < 1.29 is 13.2 Å². The van der Waals surface area contributed by atoms with Crippen LogP contribution >= 0.6 is 0 Å². The first-order valence-corrected chi connectivity index (χ1v) is 6.66. The molecule has 1 atom stereocenters. The number of benzene rings is 1. The van der Waals surface area contributed by atoms with E-state index in [4.69, 9.17) is 4.42 Å². The molecule has 0 aliphatic carbocycles. The van der Waals surface area contributed by atoms with E-state index in [1.54, 1.807) is 6.26 Å². The lowest BCUT2D eigenvalue weighted by atomic mass is 10.0. The van der Waals surface area contributed by atoms with E-state index in [9.17, 15) is 8.78 Å². The summed E-state index contributed by atoms with van der Waals surface area (Å²) in [5.74, 6) is 0. The standard InChI is InChI=1S/C15H19F2NO/c1-2-18-13(5-6-15(16)17)9-11-3-4-12-7-8-19-14(12)10-11/h3-4,7-8,10,13,15,18H,2,5-6,9H2,1H3. The molecule has 1 aromatic heterocycles. The molecule has 1 N–H and O–H groups in total. The van der Waals surface area contributed by atoms with Gasteiger partial charge in [-0.2, -0.15) is 0 Å². The molecule has 1 heterocycles. The molecule has 4 heteroatoms. The van der Waals surface area contributed by atoms with Crippen molar-refractivity contribution in [1.29, 1.82) is 0 Å². The summed E-state index contributed by atoms with van der Waals surface area (Å²) >= 11 is 0. The van der Waals surface area contributed by atoms with Crippen LogP contribution in [0.5, 0.6) is 0 Å². The van der Waals surface area contributed by atoms with Crippen molar-refractivity contribution >= 4 is 11.0 Å². The van der Waals surface area contributed by atoms with E-state index in [-0.39, 0.29) is 12.5 Å². The van der Waals surface area contributed by atoms with E-state index in [1.165, 1.54) is 0 Å². The minimum absolute atomic E-state index is 0.0549. The largest absolute Gasteiger partial charge is 0.464 e. The van der Waals surface area contributed by atoms with E-state index in [1.807, 2.05) is 31.2 Å². The van der Waals surface area contributed by atoms with Crippen molar-refractivity contribution in [1.82, 2.24) is 5.32 Å². The summed E-state index contributed by atoms with van der Waals surface area (Å²) in [5.41, 5.74) is 1.96. The van der Waals surface area contributed by atoms with Gasteiger partial charge in [0.2, 0.25) is 6.43 Å². The monoisotopic (exact) mass is 267 g/mol. The molecule has 0 radical (unpaired) electrons. The Morgan fingerprint density at radius 2 is 2.05 bits per heavy atom. The predicted octanol–water partition coefficient (Wildman–Crippen LogP) is 4.00. The number of alkyl halides is 2. The molecule has 104 valence electrons.